The Hall–Kier alpha value is -2.20. The Morgan fingerprint density at radius 2 is 1.95 bits per heavy atom. The average molecular weight is 270 g/mol. The molecule has 3 aromatic rings. The molecule has 0 saturated carbocycles. The van der Waals surface area contributed by atoms with Crippen LogP contribution in [0.2, 0.25) is 0 Å². The summed E-state index contributed by atoms with van der Waals surface area (Å²) in [5.41, 5.74) is 4.84. The van der Waals surface area contributed by atoms with Crippen LogP contribution in [-0.2, 0) is 6.61 Å². The smallest absolute Gasteiger partial charge is 0.147 e. The predicted octanol–water partition coefficient (Wildman–Crippen LogP) is 3.27. The van der Waals surface area contributed by atoms with Crippen LogP contribution in [0, 0.1) is 19.7 Å². The largest absolute Gasteiger partial charge is 0.392 e. The van der Waals surface area contributed by atoms with Crippen molar-refractivity contribution in [1.82, 2.24) is 9.55 Å². The number of aryl methyl sites for hydroxylation is 2. The molecule has 0 aliphatic carbocycles. The number of imidazole rings is 1. The molecule has 0 aliphatic rings. The molecule has 2 aromatic carbocycles. The summed E-state index contributed by atoms with van der Waals surface area (Å²) in [7, 11) is 0. The number of fused-ring (bicyclic) bond motifs is 1. The third-order valence-corrected chi connectivity index (χ3v) is 3.64. The van der Waals surface area contributed by atoms with Gasteiger partial charge in [0.25, 0.3) is 0 Å². The first-order valence-electron chi connectivity index (χ1n) is 6.44. The zero-order chi connectivity index (χ0) is 14.3. The van der Waals surface area contributed by atoms with Gasteiger partial charge in [0.05, 0.1) is 23.3 Å². The van der Waals surface area contributed by atoms with Crippen molar-refractivity contribution in [2.75, 3.05) is 0 Å². The molecular weight excluding hydrogens is 255 g/mol. The first-order valence-corrected chi connectivity index (χ1v) is 6.44. The Balaban J connectivity index is 2.33. The lowest BCUT2D eigenvalue weighted by atomic mass is 10.1. The third kappa shape index (κ3) is 1.89. The van der Waals surface area contributed by atoms with Gasteiger partial charge < -0.3 is 5.11 Å². The van der Waals surface area contributed by atoms with Crippen LogP contribution in [0.3, 0.4) is 0 Å². The number of rotatable bonds is 2. The first kappa shape index (κ1) is 12.8. The number of hydrogen-bond acceptors (Lipinski definition) is 2. The van der Waals surface area contributed by atoms with E-state index in [1.807, 2.05) is 26.0 Å². The summed E-state index contributed by atoms with van der Waals surface area (Å²) < 4.78 is 15.8. The second-order valence-corrected chi connectivity index (χ2v) is 4.95. The Kier molecular flexibility index (Phi) is 3.03. The fourth-order valence-corrected chi connectivity index (χ4v) is 2.40. The van der Waals surface area contributed by atoms with E-state index in [4.69, 9.17) is 0 Å². The molecule has 3 rings (SSSR count). The predicted molar refractivity (Wildman–Crippen MR) is 76.4 cm³/mol. The minimum atomic E-state index is -0.367. The molecule has 0 radical (unpaired) electrons. The lowest BCUT2D eigenvalue weighted by Gasteiger charge is -2.11. The van der Waals surface area contributed by atoms with Crippen LogP contribution in [0.1, 0.15) is 16.7 Å². The highest BCUT2D eigenvalue weighted by Gasteiger charge is 2.13. The molecule has 20 heavy (non-hydrogen) atoms. The van der Waals surface area contributed by atoms with Gasteiger partial charge in [0.2, 0.25) is 0 Å². The van der Waals surface area contributed by atoms with Crippen LogP contribution in [0.25, 0.3) is 16.7 Å². The number of nitrogens with zero attached hydrogens (tertiary/aromatic N) is 2. The van der Waals surface area contributed by atoms with E-state index in [-0.39, 0.29) is 12.4 Å². The van der Waals surface area contributed by atoms with Gasteiger partial charge in [-0.15, -0.1) is 0 Å². The van der Waals surface area contributed by atoms with Gasteiger partial charge in [-0.1, -0.05) is 12.1 Å². The topological polar surface area (TPSA) is 38.0 Å². The second kappa shape index (κ2) is 4.72. The zero-order valence-corrected chi connectivity index (χ0v) is 11.4. The van der Waals surface area contributed by atoms with E-state index < -0.39 is 0 Å². The minimum Gasteiger partial charge on any atom is -0.392 e. The molecule has 0 aliphatic heterocycles. The SMILES string of the molecule is Cc1cc2ncn(-c3c(F)cccc3CO)c2cc1C. The van der Waals surface area contributed by atoms with Crippen molar-refractivity contribution in [3.05, 3.63) is 59.2 Å². The molecule has 1 N–H and O–H groups in total. The summed E-state index contributed by atoms with van der Waals surface area (Å²) in [5.74, 6) is -0.367. The normalized spacial score (nSPS) is 11.2. The second-order valence-electron chi connectivity index (χ2n) is 4.95. The summed E-state index contributed by atoms with van der Waals surface area (Å²) in [4.78, 5) is 4.33. The van der Waals surface area contributed by atoms with Gasteiger partial charge in [0.15, 0.2) is 0 Å². The van der Waals surface area contributed by atoms with E-state index in [1.165, 1.54) is 6.07 Å². The Labute approximate surface area is 116 Å². The van der Waals surface area contributed by atoms with E-state index in [0.29, 0.717) is 11.3 Å². The van der Waals surface area contributed by atoms with E-state index in [1.54, 1.807) is 23.0 Å². The number of benzene rings is 2. The molecule has 1 heterocycles. The number of aliphatic hydroxyl groups is 1. The van der Waals surface area contributed by atoms with Gasteiger partial charge in [-0.3, -0.25) is 4.57 Å². The number of aliphatic hydroxyl groups excluding tert-OH is 1. The Morgan fingerprint density at radius 3 is 2.70 bits per heavy atom. The third-order valence-electron chi connectivity index (χ3n) is 3.64. The summed E-state index contributed by atoms with van der Waals surface area (Å²) in [6.45, 7) is 3.83. The maximum absolute atomic E-state index is 14.1. The molecule has 0 fully saturated rings. The summed E-state index contributed by atoms with van der Waals surface area (Å²) in [6.07, 6.45) is 1.60. The average Bonchev–Trinajstić information content (AvgIpc) is 2.81. The summed E-state index contributed by atoms with van der Waals surface area (Å²) in [5, 5.41) is 9.41. The minimum absolute atomic E-state index is 0.211. The van der Waals surface area contributed by atoms with Crippen molar-refractivity contribution in [2.45, 2.75) is 20.5 Å². The van der Waals surface area contributed by atoms with Crippen molar-refractivity contribution in [3.63, 3.8) is 0 Å². The van der Waals surface area contributed by atoms with Gasteiger partial charge in [-0.05, 0) is 43.2 Å². The molecule has 0 spiro atoms. The lowest BCUT2D eigenvalue weighted by molar-refractivity contribution is 0.281. The molecule has 1 aromatic heterocycles. The Morgan fingerprint density at radius 1 is 1.20 bits per heavy atom. The standard InChI is InChI=1S/C16H15FN2O/c1-10-6-14-15(7-11(10)2)19(9-18-14)16-12(8-20)4-3-5-13(16)17/h3-7,9,20H,8H2,1-2H3. The fraction of sp³-hybridized carbons (Fsp3) is 0.188. The monoisotopic (exact) mass is 270 g/mol. The number of aromatic nitrogens is 2. The molecule has 0 saturated heterocycles. The van der Waals surface area contributed by atoms with Crippen LogP contribution >= 0.6 is 0 Å². The van der Waals surface area contributed by atoms with Gasteiger partial charge in [0, 0.05) is 5.56 Å². The quantitative estimate of drug-likeness (QED) is 0.776. The van der Waals surface area contributed by atoms with Crippen LogP contribution in [-0.4, -0.2) is 14.7 Å². The van der Waals surface area contributed by atoms with E-state index in [0.717, 1.165) is 22.2 Å². The van der Waals surface area contributed by atoms with Crippen molar-refractivity contribution in [2.24, 2.45) is 0 Å². The summed E-state index contributed by atoms with van der Waals surface area (Å²) >= 11 is 0. The first-order chi connectivity index (χ1) is 9.61. The number of halogens is 1. The summed E-state index contributed by atoms with van der Waals surface area (Å²) in [6, 6.07) is 8.68. The van der Waals surface area contributed by atoms with Gasteiger partial charge in [-0.25, -0.2) is 9.37 Å². The molecule has 0 bridgehead atoms. The highest BCUT2D eigenvalue weighted by molar-refractivity contribution is 5.79. The number of hydrogen-bond donors (Lipinski definition) is 1. The van der Waals surface area contributed by atoms with Crippen molar-refractivity contribution in [3.8, 4) is 5.69 Å². The Bertz CT molecular complexity index is 793. The van der Waals surface area contributed by atoms with Crippen molar-refractivity contribution >= 4 is 11.0 Å². The van der Waals surface area contributed by atoms with Crippen LogP contribution < -0.4 is 0 Å². The molecule has 0 unspecified atom stereocenters. The van der Waals surface area contributed by atoms with Crippen LogP contribution in [0.15, 0.2) is 36.7 Å². The molecule has 0 amide bonds. The molecule has 4 heteroatoms. The molecule has 3 nitrogen and oxygen atoms in total. The highest BCUT2D eigenvalue weighted by Crippen LogP contribution is 2.25. The highest BCUT2D eigenvalue weighted by atomic mass is 19.1. The van der Waals surface area contributed by atoms with Gasteiger partial charge >= 0.3 is 0 Å². The van der Waals surface area contributed by atoms with Crippen molar-refractivity contribution in [1.29, 1.82) is 0 Å². The van der Waals surface area contributed by atoms with E-state index >= 15 is 0 Å². The molecule has 102 valence electrons. The molecule has 0 atom stereocenters. The lowest BCUT2D eigenvalue weighted by Crippen LogP contribution is -2.02. The van der Waals surface area contributed by atoms with Crippen LogP contribution in [0.5, 0.6) is 0 Å². The van der Waals surface area contributed by atoms with Gasteiger partial charge in [-0.2, -0.15) is 0 Å². The van der Waals surface area contributed by atoms with Crippen molar-refractivity contribution < 1.29 is 9.50 Å². The zero-order valence-electron chi connectivity index (χ0n) is 11.4. The van der Waals surface area contributed by atoms with Crippen LogP contribution in [0.4, 0.5) is 4.39 Å². The fourth-order valence-electron chi connectivity index (χ4n) is 2.40. The maximum atomic E-state index is 14.1. The van der Waals surface area contributed by atoms with E-state index in [2.05, 4.69) is 4.98 Å². The number of para-hydroxylation sites is 1. The van der Waals surface area contributed by atoms with E-state index in [9.17, 15) is 9.50 Å². The maximum Gasteiger partial charge on any atom is 0.147 e. The molecular formula is C16H15FN2O. The van der Waals surface area contributed by atoms with Gasteiger partial charge in [0.1, 0.15) is 12.1 Å².